The van der Waals surface area contributed by atoms with Crippen LogP contribution >= 0.6 is 0 Å². The van der Waals surface area contributed by atoms with Crippen LogP contribution in [0.5, 0.6) is 0 Å². The zero-order valence-electron chi connectivity index (χ0n) is 11.9. The molecular weight excluding hydrogens is 210 g/mol. The highest BCUT2D eigenvalue weighted by Gasteiger charge is 2.63. The van der Waals surface area contributed by atoms with E-state index in [1.165, 1.54) is 19.3 Å². The van der Waals surface area contributed by atoms with Gasteiger partial charge in [0.2, 0.25) is 0 Å². The van der Waals surface area contributed by atoms with Crippen LogP contribution in [0, 0.1) is 16.7 Å². The van der Waals surface area contributed by atoms with E-state index in [0.29, 0.717) is 16.9 Å². The summed E-state index contributed by atoms with van der Waals surface area (Å²) >= 11 is 0. The van der Waals surface area contributed by atoms with E-state index in [0.717, 1.165) is 25.3 Å². The molecule has 2 aliphatic rings. The molecule has 0 radical (unpaired) electrons. The topological polar surface area (TPSA) is 32.3 Å². The Morgan fingerprint density at radius 3 is 2.18 bits per heavy atom. The molecule has 0 amide bonds. The molecule has 2 atom stereocenters. The normalized spacial score (nSPS) is 36.5. The first-order chi connectivity index (χ1) is 7.87. The van der Waals surface area contributed by atoms with Gasteiger partial charge in [-0.15, -0.1) is 0 Å². The Kier molecular flexibility index (Phi) is 3.57. The first-order valence-electron chi connectivity index (χ1n) is 7.29. The van der Waals surface area contributed by atoms with E-state index in [1.54, 1.807) is 0 Å². The zero-order chi connectivity index (χ0) is 12.7. The lowest BCUT2D eigenvalue weighted by Crippen LogP contribution is -2.40. The lowest BCUT2D eigenvalue weighted by Gasteiger charge is -2.22. The third-order valence-corrected chi connectivity index (χ3v) is 5.88. The number of aliphatic hydroxyl groups excluding tert-OH is 1. The molecule has 2 aliphatic carbocycles. The second-order valence-corrected chi connectivity index (χ2v) is 7.22. The molecule has 0 saturated heterocycles. The summed E-state index contributed by atoms with van der Waals surface area (Å²) in [4.78, 5) is 0. The predicted molar refractivity (Wildman–Crippen MR) is 71.9 cm³/mol. The fourth-order valence-corrected chi connectivity index (χ4v) is 3.64. The van der Waals surface area contributed by atoms with Crippen molar-refractivity contribution in [3.63, 3.8) is 0 Å². The van der Waals surface area contributed by atoms with E-state index < -0.39 is 0 Å². The van der Waals surface area contributed by atoms with Gasteiger partial charge in [0.15, 0.2) is 0 Å². The van der Waals surface area contributed by atoms with Gasteiger partial charge in [-0.05, 0) is 36.1 Å². The highest BCUT2D eigenvalue weighted by Crippen LogP contribution is 2.67. The number of aliphatic hydroxyl groups is 1. The maximum Gasteiger partial charge on any atom is 0.0693 e. The maximum atomic E-state index is 10.1. The summed E-state index contributed by atoms with van der Waals surface area (Å²) in [5.74, 6) is 0.755. The molecule has 2 nitrogen and oxygen atoms in total. The van der Waals surface area contributed by atoms with Gasteiger partial charge < -0.3 is 10.4 Å². The summed E-state index contributed by atoms with van der Waals surface area (Å²) < 4.78 is 0. The Balaban J connectivity index is 1.82. The smallest absolute Gasteiger partial charge is 0.0693 e. The van der Waals surface area contributed by atoms with E-state index >= 15 is 0 Å². The van der Waals surface area contributed by atoms with Crippen molar-refractivity contribution in [2.24, 2.45) is 16.7 Å². The lowest BCUT2D eigenvalue weighted by atomic mass is 10.0. The van der Waals surface area contributed by atoms with Crippen molar-refractivity contribution in [2.45, 2.75) is 71.9 Å². The quantitative estimate of drug-likeness (QED) is 0.742. The Morgan fingerprint density at radius 1 is 1.00 bits per heavy atom. The summed E-state index contributed by atoms with van der Waals surface area (Å²) in [7, 11) is 0. The number of hydrogen-bond acceptors (Lipinski definition) is 2. The van der Waals surface area contributed by atoms with Crippen LogP contribution < -0.4 is 5.32 Å². The Bertz CT molecular complexity index is 258. The minimum atomic E-state index is -0.123. The fourth-order valence-electron chi connectivity index (χ4n) is 3.64. The van der Waals surface area contributed by atoms with E-state index in [9.17, 15) is 5.11 Å². The number of nitrogens with one attached hydrogen (secondary N) is 1. The molecule has 0 heterocycles. The number of rotatable bonds is 3. The van der Waals surface area contributed by atoms with Crippen LogP contribution in [-0.4, -0.2) is 23.8 Å². The van der Waals surface area contributed by atoms with Gasteiger partial charge in [-0.1, -0.05) is 47.0 Å². The Labute approximate surface area is 106 Å². The van der Waals surface area contributed by atoms with Crippen LogP contribution in [0.25, 0.3) is 0 Å². The molecule has 0 bridgehead atoms. The molecular formula is C15H29NO. The van der Waals surface area contributed by atoms with Gasteiger partial charge in [0.25, 0.3) is 0 Å². The summed E-state index contributed by atoms with van der Waals surface area (Å²) in [5.41, 5.74) is 0.908. The minimum absolute atomic E-state index is 0.123. The average molecular weight is 239 g/mol. The van der Waals surface area contributed by atoms with Crippen molar-refractivity contribution in [2.75, 3.05) is 6.54 Å². The molecule has 0 aromatic carbocycles. The van der Waals surface area contributed by atoms with E-state index in [4.69, 9.17) is 0 Å². The van der Waals surface area contributed by atoms with E-state index in [1.807, 2.05) is 0 Å². The molecule has 2 unspecified atom stereocenters. The van der Waals surface area contributed by atoms with Gasteiger partial charge in [0.05, 0.1) is 6.10 Å². The van der Waals surface area contributed by atoms with Gasteiger partial charge in [-0.3, -0.25) is 0 Å². The van der Waals surface area contributed by atoms with Crippen molar-refractivity contribution < 1.29 is 5.11 Å². The van der Waals surface area contributed by atoms with Crippen molar-refractivity contribution in [3.8, 4) is 0 Å². The Morgan fingerprint density at radius 2 is 1.59 bits per heavy atom. The predicted octanol–water partition coefficient (Wildman–Crippen LogP) is 2.95. The SMILES string of the molecule is CC1(C)C(CNC2CCCCCC2O)C1(C)C. The van der Waals surface area contributed by atoms with Crippen molar-refractivity contribution in [1.82, 2.24) is 5.32 Å². The molecule has 17 heavy (non-hydrogen) atoms. The molecule has 2 fully saturated rings. The summed E-state index contributed by atoms with van der Waals surface area (Å²) in [6.45, 7) is 10.5. The highest BCUT2D eigenvalue weighted by atomic mass is 16.3. The van der Waals surface area contributed by atoms with Crippen LogP contribution in [0.3, 0.4) is 0 Å². The average Bonchev–Trinajstić information content (AvgIpc) is 2.72. The van der Waals surface area contributed by atoms with Crippen molar-refractivity contribution in [1.29, 1.82) is 0 Å². The highest BCUT2D eigenvalue weighted by molar-refractivity contribution is 5.13. The minimum Gasteiger partial charge on any atom is -0.392 e. The monoisotopic (exact) mass is 239 g/mol. The molecule has 0 aromatic rings. The summed E-state index contributed by atoms with van der Waals surface area (Å²) in [6.07, 6.45) is 5.76. The molecule has 2 saturated carbocycles. The second-order valence-electron chi connectivity index (χ2n) is 7.22. The molecule has 2 N–H and O–H groups in total. The fraction of sp³-hybridized carbons (Fsp3) is 1.00. The molecule has 0 spiro atoms. The standard InChI is InChI=1S/C15H29NO/c1-14(2)13(15(14,3)4)10-16-11-8-6-5-7-9-12(11)17/h11-13,16-17H,5-10H2,1-4H3. The largest absolute Gasteiger partial charge is 0.392 e. The first kappa shape index (κ1) is 13.4. The van der Waals surface area contributed by atoms with Crippen molar-refractivity contribution in [3.05, 3.63) is 0 Å². The maximum absolute atomic E-state index is 10.1. The van der Waals surface area contributed by atoms with Gasteiger partial charge in [0, 0.05) is 6.04 Å². The molecule has 0 aliphatic heterocycles. The Hall–Kier alpha value is -0.0800. The van der Waals surface area contributed by atoms with E-state index in [2.05, 4.69) is 33.0 Å². The third-order valence-electron chi connectivity index (χ3n) is 5.88. The van der Waals surface area contributed by atoms with Gasteiger partial charge in [-0.2, -0.15) is 0 Å². The summed E-state index contributed by atoms with van der Waals surface area (Å²) in [6, 6.07) is 0.338. The molecule has 2 rings (SSSR count). The third kappa shape index (κ3) is 2.39. The summed E-state index contributed by atoms with van der Waals surface area (Å²) in [5, 5.41) is 13.7. The second kappa shape index (κ2) is 4.55. The van der Waals surface area contributed by atoms with Crippen LogP contribution in [0.4, 0.5) is 0 Å². The van der Waals surface area contributed by atoms with Crippen molar-refractivity contribution >= 4 is 0 Å². The number of hydrogen-bond donors (Lipinski definition) is 2. The first-order valence-corrected chi connectivity index (χ1v) is 7.29. The van der Waals surface area contributed by atoms with Crippen LogP contribution in [0.2, 0.25) is 0 Å². The van der Waals surface area contributed by atoms with Gasteiger partial charge in [0.1, 0.15) is 0 Å². The molecule has 2 heteroatoms. The zero-order valence-corrected chi connectivity index (χ0v) is 11.9. The van der Waals surface area contributed by atoms with Gasteiger partial charge in [-0.25, -0.2) is 0 Å². The van der Waals surface area contributed by atoms with Gasteiger partial charge >= 0.3 is 0 Å². The van der Waals surface area contributed by atoms with Crippen LogP contribution in [0.15, 0.2) is 0 Å². The van der Waals surface area contributed by atoms with Crippen LogP contribution in [-0.2, 0) is 0 Å². The lowest BCUT2D eigenvalue weighted by molar-refractivity contribution is 0.118. The van der Waals surface area contributed by atoms with E-state index in [-0.39, 0.29) is 6.10 Å². The molecule has 0 aromatic heterocycles. The van der Waals surface area contributed by atoms with Crippen LogP contribution in [0.1, 0.15) is 59.8 Å². The molecule has 100 valence electrons.